The van der Waals surface area contributed by atoms with Gasteiger partial charge in [-0.25, -0.2) is 0 Å². The minimum absolute atomic E-state index is 0.424. The van der Waals surface area contributed by atoms with E-state index in [1.807, 2.05) is 12.4 Å². The molecule has 1 N–H and O–H groups in total. The minimum atomic E-state index is 0.424. The first-order chi connectivity index (χ1) is 8.33. The molecule has 0 radical (unpaired) electrons. The number of ether oxygens (including phenoxy) is 1. The lowest BCUT2D eigenvalue weighted by Crippen LogP contribution is -2.44. The third-order valence-electron chi connectivity index (χ3n) is 3.13. The molecule has 0 aliphatic carbocycles. The number of rotatable bonds is 4. The van der Waals surface area contributed by atoms with Gasteiger partial charge in [0.2, 0.25) is 0 Å². The van der Waals surface area contributed by atoms with Crippen LogP contribution in [-0.4, -0.2) is 37.3 Å². The van der Waals surface area contributed by atoms with Crippen molar-refractivity contribution in [2.75, 3.05) is 31.2 Å². The Morgan fingerprint density at radius 1 is 1.59 bits per heavy atom. The lowest BCUT2D eigenvalue weighted by atomic mass is 10.1. The lowest BCUT2D eigenvalue weighted by Gasteiger charge is -2.36. The summed E-state index contributed by atoms with van der Waals surface area (Å²) < 4.78 is 5.48. The first-order valence-corrected chi connectivity index (χ1v) is 6.31. The van der Waals surface area contributed by atoms with Crippen LogP contribution in [0.2, 0.25) is 0 Å². The van der Waals surface area contributed by atoms with E-state index in [1.54, 1.807) is 0 Å². The van der Waals surface area contributed by atoms with Gasteiger partial charge in [0.25, 0.3) is 0 Å². The molecule has 2 rings (SSSR count). The fourth-order valence-electron chi connectivity index (χ4n) is 2.17. The zero-order valence-corrected chi connectivity index (χ0v) is 10.6. The number of nitrogens with one attached hydrogen (secondary N) is 1. The highest BCUT2D eigenvalue weighted by molar-refractivity contribution is 5.52. The Morgan fingerprint density at radius 3 is 3.24 bits per heavy atom. The number of anilines is 1. The molecule has 1 unspecified atom stereocenters. The van der Waals surface area contributed by atoms with Gasteiger partial charge in [0.1, 0.15) is 0 Å². The van der Waals surface area contributed by atoms with Crippen LogP contribution in [-0.2, 0) is 11.3 Å². The average Bonchev–Trinajstić information content (AvgIpc) is 2.37. The van der Waals surface area contributed by atoms with Gasteiger partial charge in [-0.3, -0.25) is 4.98 Å². The molecular formula is C13H21N3O. The van der Waals surface area contributed by atoms with Crippen molar-refractivity contribution in [1.82, 2.24) is 10.3 Å². The van der Waals surface area contributed by atoms with E-state index >= 15 is 0 Å². The van der Waals surface area contributed by atoms with Gasteiger partial charge in [0.15, 0.2) is 0 Å². The van der Waals surface area contributed by atoms with Gasteiger partial charge in [0.05, 0.1) is 25.1 Å². The van der Waals surface area contributed by atoms with Crippen LogP contribution in [0.3, 0.4) is 0 Å². The number of pyridine rings is 1. The smallest absolute Gasteiger partial charge is 0.0668 e. The van der Waals surface area contributed by atoms with E-state index in [2.05, 4.69) is 35.1 Å². The van der Waals surface area contributed by atoms with Crippen molar-refractivity contribution in [2.45, 2.75) is 26.4 Å². The van der Waals surface area contributed by atoms with Crippen molar-refractivity contribution < 1.29 is 4.74 Å². The first kappa shape index (κ1) is 12.3. The fourth-order valence-corrected chi connectivity index (χ4v) is 2.17. The number of nitrogens with zero attached hydrogens (tertiary/aromatic N) is 2. The predicted octanol–water partition coefficient (Wildman–Crippen LogP) is 1.42. The van der Waals surface area contributed by atoms with Crippen molar-refractivity contribution in [3.63, 3.8) is 0 Å². The van der Waals surface area contributed by atoms with E-state index in [9.17, 15) is 0 Å². The van der Waals surface area contributed by atoms with Gasteiger partial charge in [0, 0.05) is 25.3 Å². The second-order valence-electron chi connectivity index (χ2n) is 4.40. The summed E-state index contributed by atoms with van der Waals surface area (Å²) >= 11 is 0. The maximum absolute atomic E-state index is 5.48. The highest BCUT2D eigenvalue weighted by Crippen LogP contribution is 2.23. The highest BCUT2D eigenvalue weighted by atomic mass is 16.5. The molecule has 1 aromatic rings. The summed E-state index contributed by atoms with van der Waals surface area (Å²) in [6.07, 6.45) is 3.83. The van der Waals surface area contributed by atoms with Crippen LogP contribution in [0.1, 0.15) is 19.4 Å². The van der Waals surface area contributed by atoms with E-state index in [1.165, 1.54) is 11.3 Å². The molecule has 17 heavy (non-hydrogen) atoms. The molecule has 1 fully saturated rings. The Bertz CT molecular complexity index is 356. The van der Waals surface area contributed by atoms with Crippen LogP contribution in [0, 0.1) is 0 Å². The quantitative estimate of drug-likeness (QED) is 0.856. The Kier molecular flexibility index (Phi) is 4.34. The molecule has 0 aromatic carbocycles. The average molecular weight is 235 g/mol. The molecule has 0 saturated carbocycles. The number of hydrogen-bond donors (Lipinski definition) is 1. The van der Waals surface area contributed by atoms with Crippen LogP contribution >= 0.6 is 0 Å². The summed E-state index contributed by atoms with van der Waals surface area (Å²) in [4.78, 5) is 6.64. The van der Waals surface area contributed by atoms with Crippen molar-refractivity contribution in [2.24, 2.45) is 0 Å². The molecule has 0 spiro atoms. The summed E-state index contributed by atoms with van der Waals surface area (Å²) in [5.74, 6) is 0. The van der Waals surface area contributed by atoms with Crippen LogP contribution in [0.4, 0.5) is 5.69 Å². The standard InChI is InChI=1S/C13H21N3O/c1-3-14-8-12-4-5-15-9-13(12)16-6-7-17-10-11(16)2/h4-5,9,11,14H,3,6-8,10H2,1-2H3. The Hall–Kier alpha value is -1.13. The molecule has 1 atom stereocenters. The number of morpholine rings is 1. The van der Waals surface area contributed by atoms with Gasteiger partial charge >= 0.3 is 0 Å². The lowest BCUT2D eigenvalue weighted by molar-refractivity contribution is 0.0988. The monoisotopic (exact) mass is 235 g/mol. The molecule has 1 aliphatic rings. The molecular weight excluding hydrogens is 214 g/mol. The van der Waals surface area contributed by atoms with Gasteiger partial charge in [-0.05, 0) is 25.1 Å². The summed E-state index contributed by atoms with van der Waals surface area (Å²) in [7, 11) is 0. The van der Waals surface area contributed by atoms with Crippen molar-refractivity contribution in [1.29, 1.82) is 0 Å². The molecule has 2 heterocycles. The van der Waals surface area contributed by atoms with Gasteiger partial charge in [-0.2, -0.15) is 0 Å². The molecule has 94 valence electrons. The SMILES string of the molecule is CCNCc1ccncc1N1CCOCC1C. The minimum Gasteiger partial charge on any atom is -0.377 e. The second-order valence-corrected chi connectivity index (χ2v) is 4.40. The Balaban J connectivity index is 2.17. The van der Waals surface area contributed by atoms with E-state index in [0.29, 0.717) is 6.04 Å². The predicted molar refractivity (Wildman–Crippen MR) is 69.2 cm³/mol. The summed E-state index contributed by atoms with van der Waals surface area (Å²) in [5.41, 5.74) is 2.56. The third kappa shape index (κ3) is 2.96. The zero-order chi connectivity index (χ0) is 12.1. The largest absolute Gasteiger partial charge is 0.377 e. The van der Waals surface area contributed by atoms with Crippen LogP contribution in [0.5, 0.6) is 0 Å². The van der Waals surface area contributed by atoms with E-state index in [-0.39, 0.29) is 0 Å². The van der Waals surface area contributed by atoms with Gasteiger partial charge in [-0.1, -0.05) is 6.92 Å². The van der Waals surface area contributed by atoms with Crippen LogP contribution < -0.4 is 10.2 Å². The molecule has 0 bridgehead atoms. The molecule has 1 aromatic heterocycles. The fraction of sp³-hybridized carbons (Fsp3) is 0.615. The maximum atomic E-state index is 5.48. The summed E-state index contributed by atoms with van der Waals surface area (Å²) in [6, 6.07) is 2.52. The van der Waals surface area contributed by atoms with Gasteiger partial charge in [-0.15, -0.1) is 0 Å². The van der Waals surface area contributed by atoms with Crippen molar-refractivity contribution in [3.05, 3.63) is 24.0 Å². The molecule has 0 amide bonds. The topological polar surface area (TPSA) is 37.4 Å². The van der Waals surface area contributed by atoms with Crippen molar-refractivity contribution >= 4 is 5.69 Å². The Morgan fingerprint density at radius 2 is 2.47 bits per heavy atom. The molecule has 4 heteroatoms. The van der Waals surface area contributed by atoms with Gasteiger partial charge < -0.3 is 15.0 Å². The van der Waals surface area contributed by atoms with E-state index in [0.717, 1.165) is 32.8 Å². The second kappa shape index (κ2) is 5.98. The van der Waals surface area contributed by atoms with E-state index < -0.39 is 0 Å². The third-order valence-corrected chi connectivity index (χ3v) is 3.13. The first-order valence-electron chi connectivity index (χ1n) is 6.31. The normalized spacial score (nSPS) is 20.6. The molecule has 1 saturated heterocycles. The van der Waals surface area contributed by atoms with Crippen LogP contribution in [0.15, 0.2) is 18.5 Å². The molecule has 1 aliphatic heterocycles. The maximum Gasteiger partial charge on any atom is 0.0668 e. The highest BCUT2D eigenvalue weighted by Gasteiger charge is 2.21. The summed E-state index contributed by atoms with van der Waals surface area (Å²) in [6.45, 7) is 8.77. The van der Waals surface area contributed by atoms with Crippen molar-refractivity contribution in [3.8, 4) is 0 Å². The number of hydrogen-bond acceptors (Lipinski definition) is 4. The number of aromatic nitrogens is 1. The van der Waals surface area contributed by atoms with Crippen LogP contribution in [0.25, 0.3) is 0 Å². The zero-order valence-electron chi connectivity index (χ0n) is 10.6. The Labute approximate surface area is 103 Å². The summed E-state index contributed by atoms with van der Waals surface area (Å²) in [5, 5.41) is 3.37. The molecule has 4 nitrogen and oxygen atoms in total. The van der Waals surface area contributed by atoms with E-state index in [4.69, 9.17) is 4.74 Å².